The highest BCUT2D eigenvalue weighted by Gasteiger charge is 2.19. The van der Waals surface area contributed by atoms with Crippen molar-refractivity contribution in [3.05, 3.63) is 96.4 Å². The number of aromatic nitrogens is 4. The molecule has 1 aliphatic rings. The maximum atomic E-state index is 12.7. The van der Waals surface area contributed by atoms with E-state index in [1.54, 1.807) is 0 Å². The Morgan fingerprint density at radius 1 is 0.919 bits per heavy atom. The third-order valence-electron chi connectivity index (χ3n) is 6.69. The third-order valence-corrected chi connectivity index (χ3v) is 6.69. The molecule has 1 saturated heterocycles. The highest BCUT2D eigenvalue weighted by atomic mass is 16.5. The van der Waals surface area contributed by atoms with Crippen LogP contribution in [0.2, 0.25) is 0 Å². The molecule has 7 nitrogen and oxygen atoms in total. The summed E-state index contributed by atoms with van der Waals surface area (Å²) in [5.74, 6) is -0.0545. The SMILES string of the molecule is Cc1cccc(-c2nc3ccccn3c2-c2ccnc(-c3ccc(C(=O)NC4CCOCC4)cc3)c2)n1. The Morgan fingerprint density at radius 2 is 1.76 bits per heavy atom. The Labute approximate surface area is 215 Å². The lowest BCUT2D eigenvalue weighted by Gasteiger charge is -2.23. The number of nitrogens with zero attached hydrogens (tertiary/aromatic N) is 4. The number of hydrogen-bond acceptors (Lipinski definition) is 5. The number of imidazole rings is 1. The van der Waals surface area contributed by atoms with E-state index in [0.717, 1.165) is 58.1 Å². The second-order valence-corrected chi connectivity index (χ2v) is 9.27. The van der Waals surface area contributed by atoms with Gasteiger partial charge in [0, 0.05) is 54.0 Å². The van der Waals surface area contributed by atoms with Gasteiger partial charge in [0.15, 0.2) is 0 Å². The Balaban J connectivity index is 1.34. The zero-order valence-corrected chi connectivity index (χ0v) is 20.6. The first-order valence-electron chi connectivity index (χ1n) is 12.5. The van der Waals surface area contributed by atoms with Crippen LogP contribution in [-0.4, -0.2) is 44.5 Å². The number of amides is 1. The maximum absolute atomic E-state index is 12.7. The molecule has 0 radical (unpaired) electrons. The maximum Gasteiger partial charge on any atom is 0.251 e. The monoisotopic (exact) mass is 489 g/mol. The first kappa shape index (κ1) is 23.1. The fourth-order valence-corrected chi connectivity index (χ4v) is 4.76. The standard InChI is InChI=1S/C30H27N5O2/c1-20-5-4-6-25(32-20)28-29(35-16-3-2-7-27(35)34-28)23-12-15-31-26(19-23)21-8-10-22(11-9-21)30(36)33-24-13-17-37-18-14-24/h2-12,15-16,19,24H,13-14,17-18H2,1H3,(H,33,36). The minimum absolute atomic E-state index is 0.0545. The van der Waals surface area contributed by atoms with Crippen molar-refractivity contribution in [3.63, 3.8) is 0 Å². The van der Waals surface area contributed by atoms with Crippen LogP contribution in [0.4, 0.5) is 0 Å². The van der Waals surface area contributed by atoms with Crippen molar-refractivity contribution in [3.8, 4) is 33.9 Å². The molecule has 6 rings (SSSR count). The fourth-order valence-electron chi connectivity index (χ4n) is 4.76. The van der Waals surface area contributed by atoms with Gasteiger partial charge < -0.3 is 10.1 Å². The quantitative estimate of drug-likeness (QED) is 0.360. The van der Waals surface area contributed by atoms with E-state index in [0.29, 0.717) is 18.8 Å². The minimum atomic E-state index is -0.0545. The molecule has 1 amide bonds. The Kier molecular flexibility index (Phi) is 6.20. The fraction of sp³-hybridized carbons (Fsp3) is 0.200. The molecule has 0 atom stereocenters. The van der Waals surface area contributed by atoms with Crippen molar-refractivity contribution in [2.24, 2.45) is 0 Å². The average Bonchev–Trinajstić information content (AvgIpc) is 3.34. The number of hydrogen-bond donors (Lipinski definition) is 1. The van der Waals surface area contributed by atoms with Crippen molar-refractivity contribution in [2.75, 3.05) is 13.2 Å². The Morgan fingerprint density at radius 3 is 2.57 bits per heavy atom. The Bertz CT molecular complexity index is 1570. The van der Waals surface area contributed by atoms with Gasteiger partial charge in [0.1, 0.15) is 11.3 Å². The van der Waals surface area contributed by atoms with Gasteiger partial charge >= 0.3 is 0 Å². The second-order valence-electron chi connectivity index (χ2n) is 9.27. The van der Waals surface area contributed by atoms with Gasteiger partial charge in [-0.1, -0.05) is 24.3 Å². The largest absolute Gasteiger partial charge is 0.381 e. The molecule has 7 heteroatoms. The smallest absolute Gasteiger partial charge is 0.251 e. The van der Waals surface area contributed by atoms with Crippen LogP contribution in [0.3, 0.4) is 0 Å². The predicted octanol–water partition coefficient (Wildman–Crippen LogP) is 5.34. The number of nitrogens with one attached hydrogen (secondary N) is 1. The summed E-state index contributed by atoms with van der Waals surface area (Å²) in [7, 11) is 0. The van der Waals surface area contributed by atoms with Crippen molar-refractivity contribution < 1.29 is 9.53 Å². The van der Waals surface area contributed by atoms with E-state index in [-0.39, 0.29) is 11.9 Å². The molecule has 0 bridgehead atoms. The van der Waals surface area contributed by atoms with E-state index in [2.05, 4.69) is 20.8 Å². The van der Waals surface area contributed by atoms with Crippen molar-refractivity contribution >= 4 is 11.6 Å². The number of carbonyl (C=O) groups is 1. The number of benzene rings is 1. The molecule has 184 valence electrons. The lowest BCUT2D eigenvalue weighted by atomic mass is 10.0. The van der Waals surface area contributed by atoms with E-state index >= 15 is 0 Å². The minimum Gasteiger partial charge on any atom is -0.381 e. The number of fused-ring (bicyclic) bond motifs is 1. The predicted molar refractivity (Wildman–Crippen MR) is 143 cm³/mol. The van der Waals surface area contributed by atoms with Gasteiger partial charge in [0.2, 0.25) is 0 Å². The van der Waals surface area contributed by atoms with E-state index in [1.807, 2.05) is 86.0 Å². The van der Waals surface area contributed by atoms with Crippen molar-refractivity contribution in [1.82, 2.24) is 24.7 Å². The molecule has 1 aliphatic heterocycles. The van der Waals surface area contributed by atoms with Crippen molar-refractivity contribution in [2.45, 2.75) is 25.8 Å². The molecule has 1 N–H and O–H groups in total. The number of carbonyl (C=O) groups excluding carboxylic acids is 1. The van der Waals surface area contributed by atoms with E-state index < -0.39 is 0 Å². The summed E-state index contributed by atoms with van der Waals surface area (Å²) in [4.78, 5) is 27.0. The number of aryl methyl sites for hydroxylation is 1. The van der Waals surface area contributed by atoms with Crippen LogP contribution in [-0.2, 0) is 4.74 Å². The van der Waals surface area contributed by atoms with Gasteiger partial charge in [0.25, 0.3) is 5.91 Å². The summed E-state index contributed by atoms with van der Waals surface area (Å²) < 4.78 is 7.47. The average molecular weight is 490 g/mol. The molecule has 4 aromatic heterocycles. The molecule has 5 aromatic rings. The van der Waals surface area contributed by atoms with Crippen LogP contribution in [0.1, 0.15) is 28.9 Å². The van der Waals surface area contributed by atoms with Gasteiger partial charge in [-0.15, -0.1) is 0 Å². The van der Waals surface area contributed by atoms with Crippen LogP contribution in [0, 0.1) is 6.92 Å². The van der Waals surface area contributed by atoms with Gasteiger partial charge in [-0.3, -0.25) is 19.2 Å². The van der Waals surface area contributed by atoms with Gasteiger partial charge in [0.05, 0.1) is 17.1 Å². The van der Waals surface area contributed by atoms with Gasteiger partial charge in [-0.2, -0.15) is 0 Å². The summed E-state index contributed by atoms with van der Waals surface area (Å²) in [5.41, 5.74) is 7.81. The molecule has 0 unspecified atom stereocenters. The molecule has 0 spiro atoms. The van der Waals surface area contributed by atoms with Crippen LogP contribution in [0.25, 0.3) is 39.5 Å². The first-order chi connectivity index (χ1) is 18.2. The number of pyridine rings is 3. The third kappa shape index (κ3) is 4.73. The number of rotatable bonds is 5. The molecular formula is C30H27N5O2. The molecule has 0 saturated carbocycles. The van der Waals surface area contributed by atoms with Gasteiger partial charge in [-0.25, -0.2) is 4.98 Å². The van der Waals surface area contributed by atoms with Crippen LogP contribution < -0.4 is 5.32 Å². The lowest BCUT2D eigenvalue weighted by molar-refractivity contribution is 0.0696. The highest BCUT2D eigenvalue weighted by Crippen LogP contribution is 2.33. The highest BCUT2D eigenvalue weighted by molar-refractivity contribution is 5.95. The van der Waals surface area contributed by atoms with Crippen molar-refractivity contribution in [1.29, 1.82) is 0 Å². The molecule has 1 aromatic carbocycles. The summed E-state index contributed by atoms with van der Waals surface area (Å²) in [6, 6.07) is 23.8. The van der Waals surface area contributed by atoms with Crippen LogP contribution in [0.15, 0.2) is 85.2 Å². The first-order valence-corrected chi connectivity index (χ1v) is 12.5. The summed E-state index contributed by atoms with van der Waals surface area (Å²) in [5, 5.41) is 3.11. The molecule has 5 heterocycles. The van der Waals surface area contributed by atoms with E-state index in [1.165, 1.54) is 0 Å². The van der Waals surface area contributed by atoms with Crippen LogP contribution in [0.5, 0.6) is 0 Å². The van der Waals surface area contributed by atoms with Crippen LogP contribution >= 0.6 is 0 Å². The topological polar surface area (TPSA) is 81.4 Å². The lowest BCUT2D eigenvalue weighted by Crippen LogP contribution is -2.38. The zero-order chi connectivity index (χ0) is 25.2. The molecule has 1 fully saturated rings. The number of ether oxygens (including phenoxy) is 1. The Hall–Kier alpha value is -4.36. The molecule has 0 aliphatic carbocycles. The summed E-state index contributed by atoms with van der Waals surface area (Å²) >= 11 is 0. The summed E-state index contributed by atoms with van der Waals surface area (Å²) in [6.45, 7) is 3.37. The van der Waals surface area contributed by atoms with E-state index in [4.69, 9.17) is 14.7 Å². The normalized spacial score (nSPS) is 14.1. The van der Waals surface area contributed by atoms with Gasteiger partial charge in [-0.05, 0) is 68.3 Å². The summed E-state index contributed by atoms with van der Waals surface area (Å²) in [6.07, 6.45) is 5.53. The zero-order valence-electron chi connectivity index (χ0n) is 20.6. The van der Waals surface area contributed by atoms with E-state index in [9.17, 15) is 4.79 Å². The molecular weight excluding hydrogens is 462 g/mol. The molecule has 37 heavy (non-hydrogen) atoms. The second kappa shape index (κ2) is 9.95.